The number of rotatable bonds is 5. The van der Waals surface area contributed by atoms with E-state index in [0.29, 0.717) is 25.1 Å². The second-order valence-electron chi connectivity index (χ2n) is 6.64. The lowest BCUT2D eigenvalue weighted by atomic mass is 9.98. The molecule has 29 heavy (non-hydrogen) atoms. The fourth-order valence-corrected chi connectivity index (χ4v) is 6.91. The third kappa shape index (κ3) is 4.42. The second-order valence-corrected chi connectivity index (χ2v) is 11.3. The number of nitrogens with zero attached hydrogens (tertiary/aromatic N) is 4. The van der Waals surface area contributed by atoms with E-state index in [4.69, 9.17) is 0 Å². The van der Waals surface area contributed by atoms with Gasteiger partial charge in [-0.15, -0.1) is 11.3 Å². The number of benzene rings is 1. The van der Waals surface area contributed by atoms with Crippen molar-refractivity contribution in [2.45, 2.75) is 17.1 Å². The number of piperidine rings is 1. The first kappa shape index (κ1) is 20.2. The number of aromatic nitrogens is 3. The van der Waals surface area contributed by atoms with Crippen LogP contribution in [-0.4, -0.2) is 46.5 Å². The summed E-state index contributed by atoms with van der Waals surface area (Å²) in [6.45, 7) is 0.606. The number of carbonyl (C=O) groups excluding carboxylic acids is 1. The second kappa shape index (κ2) is 8.34. The predicted octanol–water partition coefficient (Wildman–Crippen LogP) is 3.13. The number of nitrogens with one attached hydrogen (secondary N) is 1. The van der Waals surface area contributed by atoms with E-state index in [0.717, 1.165) is 9.47 Å². The number of amides is 1. The summed E-state index contributed by atoms with van der Waals surface area (Å²) in [7, 11) is -3.58. The molecule has 1 atom stereocenters. The predicted molar refractivity (Wildman–Crippen MR) is 113 cm³/mol. The van der Waals surface area contributed by atoms with Crippen molar-refractivity contribution in [2.24, 2.45) is 5.92 Å². The minimum Gasteiger partial charge on any atom is -0.326 e. The highest BCUT2D eigenvalue weighted by Gasteiger charge is 2.34. The average Bonchev–Trinajstić information content (AvgIpc) is 3.41. The van der Waals surface area contributed by atoms with E-state index >= 15 is 0 Å². The first-order valence-corrected chi connectivity index (χ1v) is 12.0. The fourth-order valence-electron chi connectivity index (χ4n) is 3.22. The Morgan fingerprint density at radius 2 is 2.00 bits per heavy atom. The van der Waals surface area contributed by atoms with E-state index < -0.39 is 15.9 Å². The molecule has 1 fully saturated rings. The quantitative estimate of drug-likeness (QED) is 0.586. The van der Waals surface area contributed by atoms with Gasteiger partial charge in [0.1, 0.15) is 16.9 Å². The van der Waals surface area contributed by atoms with Gasteiger partial charge in [0, 0.05) is 18.8 Å². The van der Waals surface area contributed by atoms with E-state index in [1.165, 1.54) is 22.0 Å². The van der Waals surface area contributed by atoms with Crippen LogP contribution in [0.1, 0.15) is 12.8 Å². The van der Waals surface area contributed by atoms with Crippen LogP contribution < -0.4 is 5.32 Å². The third-order valence-electron chi connectivity index (χ3n) is 4.72. The van der Waals surface area contributed by atoms with Gasteiger partial charge < -0.3 is 5.32 Å². The lowest BCUT2D eigenvalue weighted by molar-refractivity contribution is -0.120. The molecule has 0 bridgehead atoms. The normalized spacial score (nSPS) is 17.9. The summed E-state index contributed by atoms with van der Waals surface area (Å²) >= 11 is 4.48. The van der Waals surface area contributed by atoms with E-state index in [2.05, 4.69) is 31.3 Å². The topological polar surface area (TPSA) is 97.2 Å². The molecule has 1 aliphatic rings. The Balaban J connectivity index is 1.42. The van der Waals surface area contributed by atoms with Gasteiger partial charge in [-0.25, -0.2) is 18.1 Å². The van der Waals surface area contributed by atoms with Crippen LogP contribution in [0.15, 0.2) is 57.0 Å². The minimum absolute atomic E-state index is 0.175. The van der Waals surface area contributed by atoms with Gasteiger partial charge in [0.25, 0.3) is 10.0 Å². The number of sulfonamides is 1. The van der Waals surface area contributed by atoms with Crippen molar-refractivity contribution in [3.05, 3.63) is 52.8 Å². The molecule has 3 aromatic rings. The zero-order valence-electron chi connectivity index (χ0n) is 15.2. The molecule has 4 rings (SSSR count). The van der Waals surface area contributed by atoms with Crippen LogP contribution >= 0.6 is 27.3 Å². The number of hydrogen-bond acceptors (Lipinski definition) is 6. The molecule has 0 saturated carbocycles. The minimum atomic E-state index is -3.58. The standard InChI is InChI=1S/C18H18BrN5O3S2/c19-16-7-8-17(28-16)29(26,27)23-9-1-2-13(10-23)18(25)22-14-3-5-15(6-4-14)24-12-20-11-21-24/h3-8,11-13H,1-2,9-10H2,(H,22,25). The molecule has 11 heteroatoms. The van der Waals surface area contributed by atoms with E-state index in [1.807, 2.05) is 12.1 Å². The van der Waals surface area contributed by atoms with E-state index in [9.17, 15) is 13.2 Å². The number of thiophene rings is 1. The van der Waals surface area contributed by atoms with Crippen LogP contribution in [0.4, 0.5) is 5.69 Å². The SMILES string of the molecule is O=C(Nc1ccc(-n2cncn2)cc1)C1CCCN(S(=O)(=O)c2ccc(Br)s2)C1. The molecule has 1 saturated heterocycles. The van der Waals surface area contributed by atoms with Crippen LogP contribution in [0.3, 0.4) is 0 Å². The van der Waals surface area contributed by atoms with Gasteiger partial charge in [-0.3, -0.25) is 4.79 Å². The Morgan fingerprint density at radius 3 is 2.66 bits per heavy atom. The Morgan fingerprint density at radius 1 is 1.21 bits per heavy atom. The first-order chi connectivity index (χ1) is 13.9. The van der Waals surface area contributed by atoms with Crippen LogP contribution in [0.5, 0.6) is 0 Å². The molecule has 3 heterocycles. The van der Waals surface area contributed by atoms with Crippen LogP contribution in [-0.2, 0) is 14.8 Å². The molecular weight excluding hydrogens is 478 g/mol. The van der Waals surface area contributed by atoms with Crippen molar-refractivity contribution in [3.8, 4) is 5.69 Å². The highest BCUT2D eigenvalue weighted by atomic mass is 79.9. The summed E-state index contributed by atoms with van der Waals surface area (Å²) in [6.07, 6.45) is 4.35. The first-order valence-electron chi connectivity index (χ1n) is 8.95. The molecule has 1 N–H and O–H groups in total. The Labute approximate surface area is 180 Å². The maximum atomic E-state index is 12.8. The monoisotopic (exact) mass is 495 g/mol. The Hall–Kier alpha value is -2.08. The Kier molecular flexibility index (Phi) is 5.81. The molecule has 1 aromatic carbocycles. The maximum absolute atomic E-state index is 12.8. The number of anilines is 1. The number of halogens is 1. The van der Waals surface area contributed by atoms with Crippen LogP contribution in [0.2, 0.25) is 0 Å². The Bertz CT molecular complexity index is 1100. The van der Waals surface area contributed by atoms with Crippen molar-refractivity contribution in [1.29, 1.82) is 0 Å². The summed E-state index contributed by atoms with van der Waals surface area (Å²) in [5, 5.41) is 6.95. The van der Waals surface area contributed by atoms with Crippen molar-refractivity contribution in [1.82, 2.24) is 19.1 Å². The van der Waals surface area contributed by atoms with Gasteiger partial charge in [-0.2, -0.15) is 9.40 Å². The molecule has 0 aliphatic carbocycles. The molecule has 8 nitrogen and oxygen atoms in total. The van der Waals surface area contributed by atoms with Gasteiger partial charge in [0.05, 0.1) is 15.4 Å². The lowest BCUT2D eigenvalue weighted by Gasteiger charge is -2.30. The maximum Gasteiger partial charge on any atom is 0.252 e. The molecule has 152 valence electrons. The summed E-state index contributed by atoms with van der Waals surface area (Å²) in [4.78, 5) is 16.6. The van der Waals surface area contributed by atoms with Crippen LogP contribution in [0, 0.1) is 5.92 Å². The smallest absolute Gasteiger partial charge is 0.252 e. The van der Waals surface area contributed by atoms with E-state index in [1.54, 1.807) is 35.3 Å². The summed E-state index contributed by atoms with van der Waals surface area (Å²) in [5.74, 6) is -0.567. The van der Waals surface area contributed by atoms with Crippen molar-refractivity contribution in [3.63, 3.8) is 0 Å². The highest BCUT2D eigenvalue weighted by Crippen LogP contribution is 2.31. The van der Waals surface area contributed by atoms with Gasteiger partial charge >= 0.3 is 0 Å². The van der Waals surface area contributed by atoms with E-state index in [-0.39, 0.29) is 16.7 Å². The largest absolute Gasteiger partial charge is 0.326 e. The zero-order chi connectivity index (χ0) is 20.4. The summed E-state index contributed by atoms with van der Waals surface area (Å²) in [6, 6.07) is 10.5. The number of carbonyl (C=O) groups is 1. The molecule has 0 radical (unpaired) electrons. The fraction of sp³-hybridized carbons (Fsp3) is 0.278. The van der Waals surface area contributed by atoms with Crippen LogP contribution in [0.25, 0.3) is 5.69 Å². The summed E-state index contributed by atoms with van der Waals surface area (Å²) in [5.41, 5.74) is 1.48. The molecule has 1 aliphatic heterocycles. The molecule has 2 aromatic heterocycles. The van der Waals surface area contributed by atoms with Gasteiger partial charge in [-0.1, -0.05) is 0 Å². The number of hydrogen-bond donors (Lipinski definition) is 1. The molecule has 0 spiro atoms. The highest BCUT2D eigenvalue weighted by molar-refractivity contribution is 9.11. The van der Waals surface area contributed by atoms with Gasteiger partial charge in [0.2, 0.25) is 5.91 Å². The van der Waals surface area contributed by atoms with Gasteiger partial charge in [0.15, 0.2) is 0 Å². The van der Waals surface area contributed by atoms with Crippen molar-refractivity contribution >= 4 is 48.9 Å². The van der Waals surface area contributed by atoms with Crippen molar-refractivity contribution < 1.29 is 13.2 Å². The average molecular weight is 496 g/mol. The van der Waals surface area contributed by atoms with Crippen molar-refractivity contribution in [2.75, 3.05) is 18.4 Å². The lowest BCUT2D eigenvalue weighted by Crippen LogP contribution is -2.43. The molecular formula is C18H18BrN5O3S2. The third-order valence-corrected chi connectivity index (χ3v) is 8.67. The van der Waals surface area contributed by atoms with Gasteiger partial charge in [-0.05, 0) is 65.2 Å². The molecule has 1 unspecified atom stereocenters. The summed E-state index contributed by atoms with van der Waals surface area (Å²) < 4.78 is 29.8. The molecule has 1 amide bonds. The zero-order valence-corrected chi connectivity index (χ0v) is 18.5.